The van der Waals surface area contributed by atoms with E-state index in [9.17, 15) is 22.4 Å². The first-order valence-electron chi connectivity index (χ1n) is 9.77. The minimum atomic E-state index is -4.03. The van der Waals surface area contributed by atoms with E-state index in [1.165, 1.54) is 4.31 Å². The van der Waals surface area contributed by atoms with Gasteiger partial charge in [0.1, 0.15) is 16.5 Å². The van der Waals surface area contributed by atoms with E-state index in [2.05, 4.69) is 10.9 Å². The fourth-order valence-corrected chi connectivity index (χ4v) is 4.70. The number of benzene rings is 2. The molecule has 1 aliphatic heterocycles. The number of hydrogen-bond donors (Lipinski definition) is 2. The predicted octanol–water partition coefficient (Wildman–Crippen LogP) is 2.07. The Bertz CT molecular complexity index is 1100. The number of aryl methyl sites for hydroxylation is 2. The van der Waals surface area contributed by atoms with Crippen LogP contribution in [0.25, 0.3) is 0 Å². The van der Waals surface area contributed by atoms with Crippen LogP contribution >= 0.6 is 0 Å². The first-order chi connectivity index (χ1) is 14.7. The van der Waals surface area contributed by atoms with Gasteiger partial charge in [-0.2, -0.15) is 4.31 Å². The molecule has 0 bridgehead atoms. The first kappa shape index (κ1) is 22.7. The topological polar surface area (TPSA) is 105 Å². The molecule has 8 nitrogen and oxygen atoms in total. The highest BCUT2D eigenvalue weighted by Crippen LogP contribution is 2.24. The van der Waals surface area contributed by atoms with Crippen LogP contribution in [0.2, 0.25) is 0 Å². The van der Waals surface area contributed by atoms with Crippen LogP contribution in [-0.2, 0) is 14.8 Å². The lowest BCUT2D eigenvalue weighted by Gasteiger charge is -2.16. The van der Waals surface area contributed by atoms with Crippen molar-refractivity contribution in [3.8, 4) is 5.75 Å². The van der Waals surface area contributed by atoms with Gasteiger partial charge in [-0.1, -0.05) is 6.07 Å². The molecular weight excluding hydrogens is 425 g/mol. The second-order valence-corrected chi connectivity index (χ2v) is 9.20. The van der Waals surface area contributed by atoms with Crippen molar-refractivity contribution in [1.82, 2.24) is 15.2 Å². The molecule has 3 rings (SSSR count). The molecule has 0 unspecified atom stereocenters. The minimum Gasteiger partial charge on any atom is -0.484 e. The van der Waals surface area contributed by atoms with E-state index >= 15 is 0 Å². The van der Waals surface area contributed by atoms with Crippen molar-refractivity contribution < 1.29 is 27.1 Å². The van der Waals surface area contributed by atoms with Gasteiger partial charge in [0.2, 0.25) is 10.0 Å². The summed E-state index contributed by atoms with van der Waals surface area (Å²) in [7, 11) is -4.03. The first-order valence-corrected chi connectivity index (χ1v) is 11.2. The van der Waals surface area contributed by atoms with E-state index < -0.39 is 32.6 Å². The molecule has 2 aromatic carbocycles. The van der Waals surface area contributed by atoms with Gasteiger partial charge in [0, 0.05) is 18.7 Å². The maximum atomic E-state index is 14.2. The van der Waals surface area contributed by atoms with Gasteiger partial charge in [0.15, 0.2) is 6.61 Å². The third-order valence-corrected chi connectivity index (χ3v) is 6.95. The van der Waals surface area contributed by atoms with Crippen molar-refractivity contribution in [3.05, 3.63) is 58.9 Å². The van der Waals surface area contributed by atoms with Crippen LogP contribution in [0.3, 0.4) is 0 Å². The molecule has 0 radical (unpaired) electrons. The van der Waals surface area contributed by atoms with Crippen LogP contribution in [0.1, 0.15) is 34.3 Å². The summed E-state index contributed by atoms with van der Waals surface area (Å²) in [5.74, 6) is -1.81. The van der Waals surface area contributed by atoms with Crippen LogP contribution < -0.4 is 15.6 Å². The molecule has 166 valence electrons. The lowest BCUT2D eigenvalue weighted by Crippen LogP contribution is -2.43. The fourth-order valence-electron chi connectivity index (χ4n) is 3.10. The van der Waals surface area contributed by atoms with Gasteiger partial charge in [-0.05, 0) is 68.1 Å². The zero-order chi connectivity index (χ0) is 22.6. The lowest BCUT2D eigenvalue weighted by molar-refractivity contribution is -0.123. The normalized spacial score (nSPS) is 14.3. The summed E-state index contributed by atoms with van der Waals surface area (Å²) < 4.78 is 46.0. The number of halogens is 1. The summed E-state index contributed by atoms with van der Waals surface area (Å²) in [5.41, 5.74) is 6.37. The molecule has 0 aliphatic carbocycles. The van der Waals surface area contributed by atoms with Gasteiger partial charge in [-0.3, -0.25) is 20.4 Å². The molecule has 0 saturated carbocycles. The SMILES string of the molecule is Cc1ccc(OCC(=O)NNC(=O)c2ccc(F)c(S(=O)(=O)N3CCCC3)c2)cc1C. The van der Waals surface area contributed by atoms with Crippen molar-refractivity contribution in [2.75, 3.05) is 19.7 Å². The van der Waals surface area contributed by atoms with Crippen LogP contribution in [0.5, 0.6) is 5.75 Å². The molecule has 1 fully saturated rings. The van der Waals surface area contributed by atoms with Crippen LogP contribution in [0.4, 0.5) is 4.39 Å². The number of sulfonamides is 1. The van der Waals surface area contributed by atoms with Crippen molar-refractivity contribution in [3.63, 3.8) is 0 Å². The second-order valence-electron chi connectivity index (χ2n) is 7.29. The maximum Gasteiger partial charge on any atom is 0.276 e. The Hall–Kier alpha value is -2.98. The third-order valence-electron chi connectivity index (χ3n) is 5.04. The maximum absolute atomic E-state index is 14.2. The molecule has 1 heterocycles. The average molecular weight is 450 g/mol. The molecule has 1 aliphatic rings. The molecule has 31 heavy (non-hydrogen) atoms. The van der Waals surface area contributed by atoms with Gasteiger partial charge in [-0.25, -0.2) is 12.8 Å². The van der Waals surface area contributed by atoms with E-state index in [-0.39, 0.29) is 12.2 Å². The number of carbonyl (C=O) groups excluding carboxylic acids is 2. The lowest BCUT2D eigenvalue weighted by atomic mass is 10.1. The number of rotatable bonds is 6. The molecule has 2 N–H and O–H groups in total. The summed E-state index contributed by atoms with van der Waals surface area (Å²) in [6, 6.07) is 8.42. The van der Waals surface area contributed by atoms with Gasteiger partial charge in [0.25, 0.3) is 11.8 Å². The minimum absolute atomic E-state index is 0.102. The number of hydrazine groups is 1. The molecule has 0 spiro atoms. The Morgan fingerprint density at radius 3 is 2.42 bits per heavy atom. The third kappa shape index (κ3) is 5.39. The second kappa shape index (κ2) is 9.44. The highest BCUT2D eigenvalue weighted by molar-refractivity contribution is 7.89. The Balaban J connectivity index is 1.60. The Kier molecular flexibility index (Phi) is 6.91. The number of hydrogen-bond acceptors (Lipinski definition) is 5. The largest absolute Gasteiger partial charge is 0.484 e. The monoisotopic (exact) mass is 449 g/mol. The molecule has 0 atom stereocenters. The number of nitrogens with zero attached hydrogens (tertiary/aromatic N) is 1. The Morgan fingerprint density at radius 2 is 1.74 bits per heavy atom. The highest BCUT2D eigenvalue weighted by Gasteiger charge is 2.30. The smallest absolute Gasteiger partial charge is 0.276 e. The van der Waals surface area contributed by atoms with Gasteiger partial charge in [0.05, 0.1) is 0 Å². The van der Waals surface area contributed by atoms with Crippen LogP contribution in [0.15, 0.2) is 41.3 Å². The van der Waals surface area contributed by atoms with Gasteiger partial charge < -0.3 is 4.74 Å². The fraction of sp³-hybridized carbons (Fsp3) is 0.333. The zero-order valence-corrected chi connectivity index (χ0v) is 18.1. The number of carbonyl (C=O) groups is 2. The molecule has 10 heteroatoms. The molecule has 1 saturated heterocycles. The molecule has 2 aromatic rings. The summed E-state index contributed by atoms with van der Waals surface area (Å²) in [6.07, 6.45) is 1.41. The number of amides is 2. The average Bonchev–Trinajstić information content (AvgIpc) is 3.29. The Labute approximate surface area is 180 Å². The summed E-state index contributed by atoms with van der Waals surface area (Å²) in [5, 5.41) is 0. The van der Waals surface area contributed by atoms with Crippen LogP contribution in [-0.4, -0.2) is 44.2 Å². The predicted molar refractivity (Wildman–Crippen MR) is 111 cm³/mol. The van der Waals surface area contributed by atoms with Gasteiger partial charge in [-0.15, -0.1) is 0 Å². The quantitative estimate of drug-likeness (QED) is 0.657. The van der Waals surface area contributed by atoms with Crippen molar-refractivity contribution >= 4 is 21.8 Å². The van der Waals surface area contributed by atoms with Crippen molar-refractivity contribution in [1.29, 1.82) is 0 Å². The van der Waals surface area contributed by atoms with Crippen molar-refractivity contribution in [2.45, 2.75) is 31.6 Å². The summed E-state index contributed by atoms with van der Waals surface area (Å²) >= 11 is 0. The number of nitrogens with one attached hydrogen (secondary N) is 2. The Morgan fingerprint density at radius 1 is 1.03 bits per heavy atom. The van der Waals surface area contributed by atoms with E-state index in [0.29, 0.717) is 31.7 Å². The molecule has 2 amide bonds. The molecule has 0 aromatic heterocycles. The summed E-state index contributed by atoms with van der Waals surface area (Å²) in [6.45, 7) is 4.17. The highest BCUT2D eigenvalue weighted by atomic mass is 32.2. The molecular formula is C21H24FN3O5S. The zero-order valence-electron chi connectivity index (χ0n) is 17.3. The van der Waals surface area contributed by atoms with E-state index in [1.54, 1.807) is 12.1 Å². The van der Waals surface area contributed by atoms with Crippen LogP contribution in [0, 0.1) is 19.7 Å². The van der Waals surface area contributed by atoms with E-state index in [0.717, 1.165) is 29.3 Å². The standard InChI is InChI=1S/C21H24FN3O5S/c1-14-5-7-17(11-15(14)2)30-13-20(26)23-24-21(27)16-6-8-18(22)19(12-16)31(28,29)25-9-3-4-10-25/h5-8,11-12H,3-4,9-10,13H2,1-2H3,(H,23,26)(H,24,27). The number of ether oxygens (including phenoxy) is 1. The summed E-state index contributed by atoms with van der Waals surface area (Å²) in [4.78, 5) is 23.7. The van der Waals surface area contributed by atoms with E-state index in [4.69, 9.17) is 4.74 Å². The van der Waals surface area contributed by atoms with Crippen molar-refractivity contribution in [2.24, 2.45) is 0 Å². The van der Waals surface area contributed by atoms with E-state index in [1.807, 2.05) is 19.9 Å². The van der Waals surface area contributed by atoms with Gasteiger partial charge >= 0.3 is 0 Å².